The molecule has 3 heteroatoms. The van der Waals surface area contributed by atoms with Gasteiger partial charge in [0.1, 0.15) is 0 Å². The van der Waals surface area contributed by atoms with E-state index in [-0.39, 0.29) is 0 Å². The molecule has 0 aromatic heterocycles. The molecule has 0 radical (unpaired) electrons. The number of carboxylic acids is 1. The van der Waals surface area contributed by atoms with Gasteiger partial charge in [-0.3, -0.25) is 4.79 Å². The van der Waals surface area contributed by atoms with E-state index >= 15 is 0 Å². The van der Waals surface area contributed by atoms with Gasteiger partial charge in [-0.25, -0.2) is 0 Å². The molecule has 1 aliphatic rings. The fraction of sp³-hybridized carbons (Fsp3) is 0.308. The van der Waals surface area contributed by atoms with Gasteiger partial charge in [0, 0.05) is 5.54 Å². The molecule has 0 saturated heterocycles. The Morgan fingerprint density at radius 3 is 2.38 bits per heavy atom. The maximum absolute atomic E-state index is 11.4. The summed E-state index contributed by atoms with van der Waals surface area (Å²) in [5.41, 5.74) is 2.99. The number of benzene rings is 1. The van der Waals surface area contributed by atoms with Crippen LogP contribution in [-0.4, -0.2) is 11.1 Å². The molecular weight excluding hydrogens is 224 g/mol. The molecule has 2 nitrogen and oxygen atoms in total. The summed E-state index contributed by atoms with van der Waals surface area (Å²) in [6.07, 6.45) is 3.40. The van der Waals surface area contributed by atoms with Crippen LogP contribution in [-0.2, 0) is 17.6 Å². The third-order valence-corrected chi connectivity index (χ3v) is 3.41. The van der Waals surface area contributed by atoms with E-state index in [1.807, 2.05) is 24.3 Å². The minimum Gasteiger partial charge on any atom is -0.481 e. The molecule has 0 atom stereocenters. The number of carbonyl (C=O) groups is 1. The Hall–Kier alpha value is -1.28. The summed E-state index contributed by atoms with van der Waals surface area (Å²) in [5.74, 6) is -0.738. The average molecular weight is 237 g/mol. The predicted octanol–water partition coefficient (Wildman–Crippen LogP) is 3.00. The highest BCUT2D eigenvalue weighted by molar-refractivity contribution is 6.25. The summed E-state index contributed by atoms with van der Waals surface area (Å²) in [6, 6.07) is 7.91. The van der Waals surface area contributed by atoms with Gasteiger partial charge in [0.15, 0.2) is 0 Å². The summed E-state index contributed by atoms with van der Waals surface area (Å²) in [4.78, 5) is 11.4. The average Bonchev–Trinajstić information content (AvgIpc) is 2.66. The Morgan fingerprint density at radius 1 is 1.38 bits per heavy atom. The molecule has 0 heterocycles. The third kappa shape index (κ3) is 1.85. The van der Waals surface area contributed by atoms with Gasteiger partial charge in [-0.2, -0.15) is 0 Å². The zero-order chi connectivity index (χ0) is 11.6. The van der Waals surface area contributed by atoms with Gasteiger partial charge in [0.25, 0.3) is 0 Å². The minimum absolute atomic E-state index is 0.487. The normalized spacial score (nSPS) is 17.6. The lowest BCUT2D eigenvalue weighted by atomic mass is 9.81. The molecule has 0 spiro atoms. The summed E-state index contributed by atoms with van der Waals surface area (Å²) in [5, 5.41) is 9.39. The maximum atomic E-state index is 11.4. The Labute approximate surface area is 99.5 Å². The van der Waals surface area contributed by atoms with Crippen LogP contribution in [0.1, 0.15) is 17.5 Å². The van der Waals surface area contributed by atoms with Crippen molar-refractivity contribution in [2.75, 3.05) is 0 Å². The van der Waals surface area contributed by atoms with Crippen LogP contribution in [0, 0.1) is 5.41 Å². The van der Waals surface area contributed by atoms with Crippen LogP contribution < -0.4 is 0 Å². The zero-order valence-corrected chi connectivity index (χ0v) is 9.57. The lowest BCUT2D eigenvalue weighted by Gasteiger charge is -2.21. The number of hydrogen-bond acceptors (Lipinski definition) is 1. The number of fused-ring (bicyclic) bond motifs is 1. The zero-order valence-electron chi connectivity index (χ0n) is 8.82. The van der Waals surface area contributed by atoms with Crippen molar-refractivity contribution in [2.45, 2.75) is 19.3 Å². The molecule has 1 aliphatic carbocycles. The fourth-order valence-corrected chi connectivity index (χ4v) is 2.44. The molecule has 0 unspecified atom stereocenters. The SMILES string of the molecule is O=C(O)C1(C/C=C/Cl)Cc2ccccc2C1. The molecule has 0 amide bonds. The Morgan fingerprint density at radius 2 is 1.94 bits per heavy atom. The second-order valence-corrected chi connectivity index (χ2v) is 4.53. The van der Waals surface area contributed by atoms with Crippen molar-refractivity contribution < 1.29 is 9.90 Å². The number of halogens is 1. The fourth-order valence-electron chi connectivity index (χ4n) is 2.35. The third-order valence-electron chi connectivity index (χ3n) is 3.23. The minimum atomic E-state index is -0.738. The predicted molar refractivity (Wildman–Crippen MR) is 63.5 cm³/mol. The van der Waals surface area contributed by atoms with Gasteiger partial charge in [-0.15, -0.1) is 0 Å². The first-order chi connectivity index (χ1) is 7.68. The van der Waals surface area contributed by atoms with E-state index in [0.717, 1.165) is 11.1 Å². The van der Waals surface area contributed by atoms with E-state index in [0.29, 0.717) is 19.3 Å². The van der Waals surface area contributed by atoms with Crippen molar-refractivity contribution in [1.29, 1.82) is 0 Å². The van der Waals surface area contributed by atoms with Crippen molar-refractivity contribution in [3.8, 4) is 0 Å². The molecule has 1 aromatic carbocycles. The van der Waals surface area contributed by atoms with Crippen molar-refractivity contribution >= 4 is 17.6 Å². The van der Waals surface area contributed by atoms with E-state index < -0.39 is 11.4 Å². The smallest absolute Gasteiger partial charge is 0.310 e. The van der Waals surface area contributed by atoms with Gasteiger partial charge in [0.2, 0.25) is 0 Å². The van der Waals surface area contributed by atoms with Gasteiger partial charge in [-0.05, 0) is 30.4 Å². The first-order valence-electron chi connectivity index (χ1n) is 5.23. The molecule has 0 aliphatic heterocycles. The number of aliphatic carboxylic acids is 1. The van der Waals surface area contributed by atoms with Gasteiger partial charge < -0.3 is 5.11 Å². The Kier molecular flexibility index (Phi) is 3.01. The van der Waals surface area contributed by atoms with E-state index in [2.05, 4.69) is 0 Å². The summed E-state index contributed by atoms with van der Waals surface area (Å²) in [7, 11) is 0. The number of rotatable bonds is 3. The summed E-state index contributed by atoms with van der Waals surface area (Å²) in [6.45, 7) is 0. The molecular formula is C13H13ClO2. The van der Waals surface area contributed by atoms with E-state index in [4.69, 9.17) is 11.6 Å². The van der Waals surface area contributed by atoms with Gasteiger partial charge in [-0.1, -0.05) is 41.9 Å². The maximum Gasteiger partial charge on any atom is 0.310 e. The molecule has 16 heavy (non-hydrogen) atoms. The van der Waals surface area contributed by atoms with Crippen molar-refractivity contribution in [1.82, 2.24) is 0 Å². The molecule has 1 aromatic rings. The van der Waals surface area contributed by atoms with Crippen LogP contribution in [0.15, 0.2) is 35.9 Å². The van der Waals surface area contributed by atoms with E-state index in [9.17, 15) is 9.90 Å². The first kappa shape index (κ1) is 11.2. The van der Waals surface area contributed by atoms with Crippen LogP contribution >= 0.6 is 11.6 Å². The monoisotopic (exact) mass is 236 g/mol. The highest BCUT2D eigenvalue weighted by atomic mass is 35.5. The summed E-state index contributed by atoms with van der Waals surface area (Å²) >= 11 is 5.48. The van der Waals surface area contributed by atoms with Crippen LogP contribution in [0.4, 0.5) is 0 Å². The summed E-state index contributed by atoms with van der Waals surface area (Å²) < 4.78 is 0. The van der Waals surface area contributed by atoms with Crippen molar-refractivity contribution in [2.24, 2.45) is 5.41 Å². The largest absolute Gasteiger partial charge is 0.481 e. The lowest BCUT2D eigenvalue weighted by molar-refractivity contribution is -0.148. The van der Waals surface area contributed by atoms with E-state index in [1.165, 1.54) is 5.54 Å². The van der Waals surface area contributed by atoms with Gasteiger partial charge in [0.05, 0.1) is 5.41 Å². The molecule has 0 saturated carbocycles. The topological polar surface area (TPSA) is 37.3 Å². The van der Waals surface area contributed by atoms with Crippen molar-refractivity contribution in [3.63, 3.8) is 0 Å². The van der Waals surface area contributed by atoms with Gasteiger partial charge >= 0.3 is 5.97 Å². The highest BCUT2D eigenvalue weighted by Gasteiger charge is 2.42. The standard InChI is InChI=1S/C13H13ClO2/c14-7-3-6-13(12(15)16)8-10-4-1-2-5-11(10)9-13/h1-5,7H,6,8-9H2,(H,15,16)/b7-3+. The molecule has 1 N–H and O–H groups in total. The van der Waals surface area contributed by atoms with Crippen molar-refractivity contribution in [3.05, 3.63) is 47.0 Å². The van der Waals surface area contributed by atoms with Crippen LogP contribution in [0.3, 0.4) is 0 Å². The lowest BCUT2D eigenvalue weighted by Crippen LogP contribution is -2.31. The molecule has 84 valence electrons. The molecule has 2 rings (SSSR count). The molecule has 0 bridgehead atoms. The van der Waals surface area contributed by atoms with Crippen LogP contribution in [0.2, 0.25) is 0 Å². The highest BCUT2D eigenvalue weighted by Crippen LogP contribution is 2.40. The molecule has 0 fully saturated rings. The van der Waals surface area contributed by atoms with Crippen LogP contribution in [0.5, 0.6) is 0 Å². The van der Waals surface area contributed by atoms with Crippen LogP contribution in [0.25, 0.3) is 0 Å². The Balaban J connectivity index is 2.30. The number of hydrogen-bond donors (Lipinski definition) is 1. The first-order valence-corrected chi connectivity index (χ1v) is 5.67. The van der Waals surface area contributed by atoms with E-state index in [1.54, 1.807) is 6.08 Å². The Bertz CT molecular complexity index is 412. The quantitative estimate of drug-likeness (QED) is 0.876. The second-order valence-electron chi connectivity index (χ2n) is 4.27. The number of carboxylic acid groups (broad SMARTS) is 1. The second kappa shape index (κ2) is 4.30. The number of allylic oxidation sites excluding steroid dienone is 1.